The molecule has 0 fully saturated rings. The summed E-state index contributed by atoms with van der Waals surface area (Å²) in [5.74, 6) is -21.6. The second kappa shape index (κ2) is 21.1. The van der Waals surface area contributed by atoms with Gasteiger partial charge in [0.25, 0.3) is 0 Å². The van der Waals surface area contributed by atoms with Crippen LogP contribution in [0.25, 0.3) is 0 Å². The molecule has 242 valence electrons. The van der Waals surface area contributed by atoms with Crippen LogP contribution in [0, 0.1) is 11.8 Å². The summed E-state index contributed by atoms with van der Waals surface area (Å²) in [7, 11) is 0. The number of halogens is 10. The molecule has 8 nitrogen and oxygen atoms in total. The maximum Gasteiger partial charge on any atom is 2.00 e. The molecule has 0 bridgehead atoms. The van der Waals surface area contributed by atoms with Crippen molar-refractivity contribution in [2.45, 2.75) is 104 Å². The third-order valence-corrected chi connectivity index (χ3v) is 3.78. The van der Waals surface area contributed by atoms with Crippen molar-refractivity contribution >= 4 is 23.5 Å². The minimum atomic E-state index is -5.87. The SMILES string of the molecule is CC(C)O.CC(C)O.CCC(C(=O)[O-])C(=O)CC(F)(F)C(F)(F)F.CCC(C(=O)[O-])C(=O)CC(F)(F)C(F)(F)F.[Zr+2]. The molecule has 2 unspecified atom stereocenters. The fraction of sp³-hybridized carbons (Fsp3) is 0.818. The molecule has 19 heteroatoms. The van der Waals surface area contributed by atoms with E-state index >= 15 is 0 Å². The van der Waals surface area contributed by atoms with E-state index in [9.17, 15) is 73.3 Å². The summed E-state index contributed by atoms with van der Waals surface area (Å²) in [6.07, 6.45) is -17.2. The number of alkyl halides is 10. The zero-order chi connectivity index (χ0) is 33.4. The molecular weight excluding hydrogens is 673 g/mol. The number of aliphatic hydroxyl groups excluding tert-OH is 2. The predicted molar refractivity (Wildman–Crippen MR) is 114 cm³/mol. The molecule has 0 amide bonds. The largest absolute Gasteiger partial charge is 2.00 e. The van der Waals surface area contributed by atoms with E-state index in [0.717, 1.165) is 0 Å². The van der Waals surface area contributed by atoms with Crippen molar-refractivity contribution in [3.05, 3.63) is 0 Å². The van der Waals surface area contributed by atoms with Crippen molar-refractivity contribution in [1.29, 1.82) is 0 Å². The Morgan fingerprint density at radius 1 is 0.585 bits per heavy atom. The van der Waals surface area contributed by atoms with Gasteiger partial charge in [0.2, 0.25) is 0 Å². The molecule has 41 heavy (non-hydrogen) atoms. The van der Waals surface area contributed by atoms with Gasteiger partial charge in [-0.3, -0.25) is 9.59 Å². The number of carboxylic acids is 2. The summed E-state index contributed by atoms with van der Waals surface area (Å²) in [5, 5.41) is 36.6. The van der Waals surface area contributed by atoms with Gasteiger partial charge in [-0.05, 0) is 40.5 Å². The molecule has 0 saturated carbocycles. The summed E-state index contributed by atoms with van der Waals surface area (Å²) in [5.41, 5.74) is 0. The van der Waals surface area contributed by atoms with E-state index < -0.39 is 85.2 Å². The first-order valence-corrected chi connectivity index (χ1v) is 11.2. The third-order valence-electron chi connectivity index (χ3n) is 3.78. The van der Waals surface area contributed by atoms with Crippen molar-refractivity contribution in [3.63, 3.8) is 0 Å². The minimum absolute atomic E-state index is 0. The molecule has 0 spiro atoms. The Balaban J connectivity index is -0.000000163. The first-order valence-electron chi connectivity index (χ1n) is 11.2. The number of hydrogen-bond acceptors (Lipinski definition) is 8. The first kappa shape index (κ1) is 49.1. The molecule has 0 rings (SSSR count). The molecule has 2 N–H and O–H groups in total. The Morgan fingerprint density at radius 2 is 0.756 bits per heavy atom. The van der Waals surface area contributed by atoms with Gasteiger partial charge in [0.05, 0.1) is 36.6 Å². The minimum Gasteiger partial charge on any atom is -0.549 e. The van der Waals surface area contributed by atoms with Gasteiger partial charge in [0, 0.05) is 12.2 Å². The number of Topliss-reactive ketones (excluding diaryl/α,β-unsaturated/α-hetero) is 2. The topological polar surface area (TPSA) is 155 Å². The number of aliphatic hydroxyl groups is 2. The predicted octanol–water partition coefficient (Wildman–Crippen LogP) is 2.61. The van der Waals surface area contributed by atoms with E-state index in [4.69, 9.17) is 10.2 Å². The van der Waals surface area contributed by atoms with Crippen LogP contribution in [0.2, 0.25) is 0 Å². The molecular formula is C22H32F10O8Zr. The number of aliphatic carboxylic acids is 2. The smallest absolute Gasteiger partial charge is 0.549 e. The van der Waals surface area contributed by atoms with Gasteiger partial charge in [-0.15, -0.1) is 0 Å². The molecule has 2 atom stereocenters. The van der Waals surface area contributed by atoms with Crippen LogP contribution in [-0.4, -0.2) is 70.1 Å². The van der Waals surface area contributed by atoms with Gasteiger partial charge >= 0.3 is 50.4 Å². The van der Waals surface area contributed by atoms with Crippen LogP contribution in [0.4, 0.5) is 43.9 Å². The second-order valence-corrected chi connectivity index (χ2v) is 8.44. The van der Waals surface area contributed by atoms with Crippen LogP contribution in [0.5, 0.6) is 0 Å². The van der Waals surface area contributed by atoms with Crippen molar-refractivity contribution in [3.8, 4) is 0 Å². The molecule has 0 aliphatic carbocycles. The average molecular weight is 706 g/mol. The number of carbonyl (C=O) groups excluding carboxylic acids is 4. The Bertz CT molecular complexity index is 716. The fourth-order valence-electron chi connectivity index (χ4n) is 1.94. The number of ketones is 2. The Morgan fingerprint density at radius 3 is 0.854 bits per heavy atom. The van der Waals surface area contributed by atoms with Crippen LogP contribution in [0.15, 0.2) is 0 Å². The number of rotatable bonds is 10. The number of carboxylic acid groups (broad SMARTS) is 2. The van der Waals surface area contributed by atoms with Gasteiger partial charge in [-0.2, -0.15) is 43.9 Å². The molecule has 0 heterocycles. The van der Waals surface area contributed by atoms with Crippen molar-refractivity contribution in [2.24, 2.45) is 11.8 Å². The van der Waals surface area contributed by atoms with Crippen molar-refractivity contribution in [2.75, 3.05) is 0 Å². The third kappa shape index (κ3) is 23.6. The fourth-order valence-corrected chi connectivity index (χ4v) is 1.94. The van der Waals surface area contributed by atoms with Crippen LogP contribution < -0.4 is 10.2 Å². The molecule has 0 radical (unpaired) electrons. The maximum atomic E-state index is 12.4. The Hall–Kier alpha value is -1.62. The molecule has 0 aliphatic heterocycles. The average Bonchev–Trinajstić information content (AvgIpc) is 2.65. The summed E-state index contributed by atoms with van der Waals surface area (Å²) >= 11 is 0. The first-order chi connectivity index (χ1) is 17.5. The molecule has 0 aliphatic rings. The molecule has 0 aromatic carbocycles. The molecule has 0 aromatic heterocycles. The second-order valence-electron chi connectivity index (χ2n) is 8.44. The van der Waals surface area contributed by atoms with Gasteiger partial charge in [-0.1, -0.05) is 13.8 Å². The van der Waals surface area contributed by atoms with Gasteiger partial charge in [0.15, 0.2) is 0 Å². The van der Waals surface area contributed by atoms with Crippen LogP contribution in [0.3, 0.4) is 0 Å². The van der Waals surface area contributed by atoms with Crippen LogP contribution in [0.1, 0.15) is 67.2 Å². The Kier molecular flexibility index (Phi) is 25.3. The van der Waals surface area contributed by atoms with E-state index in [1.165, 1.54) is 13.8 Å². The van der Waals surface area contributed by atoms with Gasteiger partial charge < -0.3 is 30.0 Å². The van der Waals surface area contributed by atoms with Crippen LogP contribution >= 0.6 is 0 Å². The van der Waals surface area contributed by atoms with E-state index in [0.29, 0.717) is 0 Å². The van der Waals surface area contributed by atoms with E-state index in [-0.39, 0.29) is 38.4 Å². The monoisotopic (exact) mass is 704 g/mol. The molecule has 0 saturated heterocycles. The zero-order valence-corrected chi connectivity index (χ0v) is 25.2. The van der Waals surface area contributed by atoms with E-state index in [1.807, 2.05) is 0 Å². The van der Waals surface area contributed by atoms with E-state index in [1.54, 1.807) is 27.7 Å². The van der Waals surface area contributed by atoms with Crippen molar-refractivity contribution in [1.82, 2.24) is 0 Å². The van der Waals surface area contributed by atoms with Gasteiger partial charge in [-0.25, -0.2) is 0 Å². The Labute approximate surface area is 248 Å². The summed E-state index contributed by atoms with van der Waals surface area (Å²) in [6, 6.07) is 0. The van der Waals surface area contributed by atoms with E-state index in [2.05, 4.69) is 0 Å². The standard InChI is InChI=1S/2C8H9F5O3.2C3H8O.Zr/c2*1-2-4(6(15)16)5(14)3-7(9,10)8(11,12)13;2*1-3(2)4;/h2*4H,2-3H2,1H3,(H,15,16);2*3-4H,1-2H3;/q;;;;+2/p-2. The zero-order valence-electron chi connectivity index (χ0n) is 22.8. The summed E-state index contributed by atoms with van der Waals surface area (Å²) in [4.78, 5) is 42.3. The summed E-state index contributed by atoms with van der Waals surface area (Å²) < 4.78 is 120. The van der Waals surface area contributed by atoms with Crippen LogP contribution in [-0.2, 0) is 45.4 Å². The molecule has 0 aromatic rings. The maximum absolute atomic E-state index is 12.4. The normalized spacial score (nSPS) is 13.2. The van der Waals surface area contributed by atoms with Gasteiger partial charge in [0.1, 0.15) is 11.6 Å². The number of carbonyl (C=O) groups is 4. The number of hydrogen-bond donors (Lipinski definition) is 2. The quantitative estimate of drug-likeness (QED) is 0.260. The van der Waals surface area contributed by atoms with Crippen molar-refractivity contribution < 1.29 is 110 Å². The summed E-state index contributed by atoms with van der Waals surface area (Å²) in [6.45, 7) is 9.23.